The normalized spacial score (nSPS) is 12.9. The van der Waals surface area contributed by atoms with E-state index in [1.54, 1.807) is 16.7 Å². The van der Waals surface area contributed by atoms with Gasteiger partial charge in [-0.25, -0.2) is 0 Å². The SMILES string of the molecule is Cc1noc(C)c1CSCC(=O)N(C)Cc1ccc2c(c1)OCCO2. The molecule has 1 aliphatic heterocycles. The molecule has 0 unspecified atom stereocenters. The summed E-state index contributed by atoms with van der Waals surface area (Å²) in [6, 6.07) is 5.80. The number of benzene rings is 1. The number of rotatable bonds is 6. The molecular formula is C18H22N2O4S. The molecule has 0 N–H and O–H groups in total. The van der Waals surface area contributed by atoms with Gasteiger partial charge in [-0.2, -0.15) is 0 Å². The molecule has 134 valence electrons. The van der Waals surface area contributed by atoms with Crippen LogP contribution in [0.15, 0.2) is 22.7 Å². The van der Waals surface area contributed by atoms with Gasteiger partial charge in [-0.1, -0.05) is 11.2 Å². The minimum absolute atomic E-state index is 0.0895. The van der Waals surface area contributed by atoms with Crippen molar-refractivity contribution in [3.63, 3.8) is 0 Å². The first-order chi connectivity index (χ1) is 12.0. The van der Waals surface area contributed by atoms with E-state index in [1.165, 1.54) is 0 Å². The molecule has 1 amide bonds. The minimum atomic E-state index is 0.0895. The number of hydrogen-bond acceptors (Lipinski definition) is 6. The molecule has 2 heterocycles. The second-order valence-electron chi connectivity index (χ2n) is 6.02. The van der Waals surface area contributed by atoms with Crippen LogP contribution in [0.2, 0.25) is 0 Å². The molecule has 0 atom stereocenters. The molecule has 3 rings (SSSR count). The van der Waals surface area contributed by atoms with E-state index in [0.717, 1.165) is 39.8 Å². The molecule has 1 aromatic heterocycles. The molecular weight excluding hydrogens is 340 g/mol. The van der Waals surface area contributed by atoms with Crippen LogP contribution in [0.4, 0.5) is 0 Å². The van der Waals surface area contributed by atoms with Gasteiger partial charge in [-0.3, -0.25) is 4.79 Å². The molecule has 0 radical (unpaired) electrons. The molecule has 25 heavy (non-hydrogen) atoms. The molecule has 1 aliphatic rings. The fraction of sp³-hybridized carbons (Fsp3) is 0.444. The Morgan fingerprint density at radius 2 is 2.00 bits per heavy atom. The van der Waals surface area contributed by atoms with Gasteiger partial charge >= 0.3 is 0 Å². The van der Waals surface area contributed by atoms with Crippen molar-refractivity contribution in [1.29, 1.82) is 0 Å². The van der Waals surface area contributed by atoms with Gasteiger partial charge in [0.15, 0.2) is 11.5 Å². The average Bonchev–Trinajstić information content (AvgIpc) is 2.93. The maximum atomic E-state index is 12.3. The van der Waals surface area contributed by atoms with E-state index in [4.69, 9.17) is 14.0 Å². The van der Waals surface area contributed by atoms with Crippen LogP contribution in [0, 0.1) is 13.8 Å². The van der Waals surface area contributed by atoms with Gasteiger partial charge in [-0.15, -0.1) is 11.8 Å². The highest BCUT2D eigenvalue weighted by Crippen LogP contribution is 2.31. The lowest BCUT2D eigenvalue weighted by Gasteiger charge is -2.21. The fourth-order valence-corrected chi connectivity index (χ4v) is 3.72. The Kier molecular flexibility index (Phi) is 5.53. The number of nitrogens with zero attached hydrogens (tertiary/aromatic N) is 2. The first-order valence-electron chi connectivity index (χ1n) is 8.16. The van der Waals surface area contributed by atoms with Gasteiger partial charge in [0.1, 0.15) is 19.0 Å². The number of carbonyl (C=O) groups excluding carboxylic acids is 1. The molecule has 2 aromatic rings. The van der Waals surface area contributed by atoms with Crippen LogP contribution < -0.4 is 9.47 Å². The third-order valence-electron chi connectivity index (χ3n) is 4.11. The number of amides is 1. The van der Waals surface area contributed by atoms with Crippen LogP contribution in [-0.2, 0) is 17.1 Å². The van der Waals surface area contributed by atoms with Crippen molar-refractivity contribution in [3.05, 3.63) is 40.8 Å². The highest BCUT2D eigenvalue weighted by atomic mass is 32.2. The van der Waals surface area contributed by atoms with Crippen molar-refractivity contribution >= 4 is 17.7 Å². The highest BCUT2D eigenvalue weighted by Gasteiger charge is 2.15. The second-order valence-corrected chi connectivity index (χ2v) is 7.01. The van der Waals surface area contributed by atoms with Crippen molar-refractivity contribution in [3.8, 4) is 11.5 Å². The Morgan fingerprint density at radius 1 is 1.24 bits per heavy atom. The quantitative estimate of drug-likeness (QED) is 0.787. The van der Waals surface area contributed by atoms with Crippen LogP contribution >= 0.6 is 11.8 Å². The summed E-state index contributed by atoms with van der Waals surface area (Å²) in [5, 5.41) is 3.93. The Hall–Kier alpha value is -2.15. The number of aromatic nitrogens is 1. The first-order valence-corrected chi connectivity index (χ1v) is 9.32. The monoisotopic (exact) mass is 362 g/mol. The van der Waals surface area contributed by atoms with Gasteiger partial charge in [0, 0.05) is 24.9 Å². The van der Waals surface area contributed by atoms with Gasteiger partial charge in [-0.05, 0) is 31.5 Å². The summed E-state index contributed by atoms with van der Waals surface area (Å²) in [5.41, 5.74) is 2.99. The molecule has 0 saturated heterocycles. The van der Waals surface area contributed by atoms with Crippen molar-refractivity contribution in [2.45, 2.75) is 26.1 Å². The lowest BCUT2D eigenvalue weighted by molar-refractivity contribution is -0.127. The lowest BCUT2D eigenvalue weighted by atomic mass is 10.2. The molecule has 7 heteroatoms. The largest absolute Gasteiger partial charge is 0.486 e. The highest BCUT2D eigenvalue weighted by molar-refractivity contribution is 7.99. The summed E-state index contributed by atoms with van der Waals surface area (Å²) in [7, 11) is 1.82. The molecule has 0 bridgehead atoms. The topological polar surface area (TPSA) is 64.8 Å². The van der Waals surface area contributed by atoms with Gasteiger partial charge in [0.2, 0.25) is 5.91 Å². The number of hydrogen-bond donors (Lipinski definition) is 0. The molecule has 6 nitrogen and oxygen atoms in total. The minimum Gasteiger partial charge on any atom is -0.486 e. The average molecular weight is 362 g/mol. The van der Waals surface area contributed by atoms with Crippen molar-refractivity contribution in [2.24, 2.45) is 0 Å². The summed E-state index contributed by atoms with van der Waals surface area (Å²) in [6.45, 7) is 5.49. The van der Waals surface area contributed by atoms with E-state index < -0.39 is 0 Å². The number of aryl methyl sites for hydroxylation is 2. The Balaban J connectivity index is 1.51. The van der Waals surface area contributed by atoms with Crippen molar-refractivity contribution < 1.29 is 18.8 Å². The number of thioether (sulfide) groups is 1. The molecule has 0 saturated carbocycles. The maximum Gasteiger partial charge on any atom is 0.232 e. The summed E-state index contributed by atoms with van der Waals surface area (Å²) in [5.74, 6) is 3.57. The van der Waals surface area contributed by atoms with E-state index in [-0.39, 0.29) is 5.91 Å². The van der Waals surface area contributed by atoms with Crippen LogP contribution in [0.5, 0.6) is 11.5 Å². The number of ether oxygens (including phenoxy) is 2. The second kappa shape index (κ2) is 7.82. The zero-order valence-corrected chi connectivity index (χ0v) is 15.5. The lowest BCUT2D eigenvalue weighted by Crippen LogP contribution is -2.28. The van der Waals surface area contributed by atoms with Crippen LogP contribution in [-0.4, -0.2) is 42.0 Å². The summed E-state index contributed by atoms with van der Waals surface area (Å²) in [4.78, 5) is 14.1. The third-order valence-corrected chi connectivity index (χ3v) is 5.05. The summed E-state index contributed by atoms with van der Waals surface area (Å²) < 4.78 is 16.2. The van der Waals surface area contributed by atoms with Gasteiger partial charge < -0.3 is 18.9 Å². The third kappa shape index (κ3) is 4.28. The van der Waals surface area contributed by atoms with E-state index in [1.807, 2.05) is 39.1 Å². The van der Waals surface area contributed by atoms with Gasteiger partial charge in [0.05, 0.1) is 11.4 Å². The predicted molar refractivity (Wildman–Crippen MR) is 96.0 cm³/mol. The maximum absolute atomic E-state index is 12.3. The smallest absolute Gasteiger partial charge is 0.232 e. The predicted octanol–water partition coefficient (Wildman–Crippen LogP) is 2.95. The van der Waals surface area contributed by atoms with E-state index in [0.29, 0.717) is 25.5 Å². The zero-order valence-electron chi connectivity index (χ0n) is 14.7. The number of carbonyl (C=O) groups is 1. The van der Waals surface area contributed by atoms with Crippen molar-refractivity contribution in [2.75, 3.05) is 26.0 Å². The number of fused-ring (bicyclic) bond motifs is 1. The van der Waals surface area contributed by atoms with Gasteiger partial charge in [0.25, 0.3) is 0 Å². The zero-order chi connectivity index (χ0) is 17.8. The van der Waals surface area contributed by atoms with Crippen LogP contribution in [0.25, 0.3) is 0 Å². The molecule has 0 spiro atoms. The van der Waals surface area contributed by atoms with Crippen LogP contribution in [0.3, 0.4) is 0 Å². The standard InChI is InChI=1S/C18H22N2O4S/c1-12-15(13(2)24-19-12)10-25-11-18(21)20(3)9-14-4-5-16-17(8-14)23-7-6-22-16/h4-5,8H,6-7,9-11H2,1-3H3. The fourth-order valence-electron chi connectivity index (χ4n) is 2.61. The van der Waals surface area contributed by atoms with Crippen LogP contribution in [0.1, 0.15) is 22.6 Å². The Morgan fingerprint density at radius 3 is 2.72 bits per heavy atom. The summed E-state index contributed by atoms with van der Waals surface area (Å²) in [6.07, 6.45) is 0. The van der Waals surface area contributed by atoms with E-state index in [9.17, 15) is 4.79 Å². The van der Waals surface area contributed by atoms with Crippen molar-refractivity contribution in [1.82, 2.24) is 10.1 Å². The first kappa shape index (κ1) is 17.7. The Labute approximate surface area is 151 Å². The Bertz CT molecular complexity index is 740. The van der Waals surface area contributed by atoms with E-state index >= 15 is 0 Å². The molecule has 0 fully saturated rings. The van der Waals surface area contributed by atoms with E-state index in [2.05, 4.69) is 5.16 Å². The molecule has 0 aliphatic carbocycles. The summed E-state index contributed by atoms with van der Waals surface area (Å²) >= 11 is 1.57. The molecule has 1 aromatic carbocycles.